The van der Waals surface area contributed by atoms with Crippen molar-refractivity contribution in [2.24, 2.45) is 5.92 Å². The Labute approximate surface area is 111 Å². The molecule has 0 aromatic carbocycles. The summed E-state index contributed by atoms with van der Waals surface area (Å²) in [5.74, 6) is 0.957. The highest BCUT2D eigenvalue weighted by molar-refractivity contribution is 5.00. The summed E-state index contributed by atoms with van der Waals surface area (Å²) in [5, 5.41) is 8.13. The van der Waals surface area contributed by atoms with E-state index in [1.807, 2.05) is 0 Å². The molecule has 0 spiro atoms. The Morgan fingerprint density at radius 3 is 2.67 bits per heavy atom. The van der Waals surface area contributed by atoms with Gasteiger partial charge in [-0.3, -0.25) is 4.68 Å². The zero-order chi connectivity index (χ0) is 13.0. The minimum Gasteiger partial charge on any atom is -0.309 e. The third kappa shape index (κ3) is 3.58. The Morgan fingerprint density at radius 1 is 1.33 bits per heavy atom. The first-order valence-electron chi connectivity index (χ1n) is 7.46. The van der Waals surface area contributed by atoms with Crippen molar-refractivity contribution in [2.75, 3.05) is 0 Å². The Balaban J connectivity index is 1.86. The molecule has 0 saturated heterocycles. The van der Waals surface area contributed by atoms with Crippen molar-refractivity contribution in [3.63, 3.8) is 0 Å². The monoisotopic (exact) mass is 249 g/mol. The molecule has 0 aliphatic heterocycles. The number of hydrogen-bond acceptors (Lipinski definition) is 2. The molecular formula is C15H27N3. The number of nitrogens with one attached hydrogen (secondary N) is 1. The fraction of sp³-hybridized carbons (Fsp3) is 0.800. The highest BCUT2D eigenvalue weighted by Crippen LogP contribution is 2.33. The van der Waals surface area contributed by atoms with Crippen molar-refractivity contribution in [2.45, 2.75) is 71.5 Å². The standard InChI is InChI=1S/C15H27N3/c1-4-13-5-7-15(8-6-13)18-10-9-14(17-18)11-16-12(2)3/h9-10,12-13,15-16H,4-8,11H2,1-3H3. The molecule has 1 aliphatic rings. The van der Waals surface area contributed by atoms with Crippen LogP contribution in [0.1, 0.15) is 64.6 Å². The summed E-state index contributed by atoms with van der Waals surface area (Å²) in [6.45, 7) is 7.54. The Morgan fingerprint density at radius 2 is 2.06 bits per heavy atom. The lowest BCUT2D eigenvalue weighted by Crippen LogP contribution is -2.22. The molecule has 1 fully saturated rings. The molecule has 102 valence electrons. The second kappa shape index (κ2) is 6.37. The van der Waals surface area contributed by atoms with Crippen LogP contribution in [-0.4, -0.2) is 15.8 Å². The predicted octanol–water partition coefficient (Wildman–Crippen LogP) is 3.52. The van der Waals surface area contributed by atoms with Gasteiger partial charge < -0.3 is 5.32 Å². The summed E-state index contributed by atoms with van der Waals surface area (Å²) in [5.41, 5.74) is 1.17. The van der Waals surface area contributed by atoms with Crippen molar-refractivity contribution in [3.8, 4) is 0 Å². The zero-order valence-electron chi connectivity index (χ0n) is 12.0. The first-order valence-corrected chi connectivity index (χ1v) is 7.46. The fourth-order valence-electron chi connectivity index (χ4n) is 2.80. The third-order valence-electron chi connectivity index (χ3n) is 4.12. The predicted molar refractivity (Wildman–Crippen MR) is 75.5 cm³/mol. The molecule has 1 saturated carbocycles. The van der Waals surface area contributed by atoms with Gasteiger partial charge in [-0.05, 0) is 37.7 Å². The lowest BCUT2D eigenvalue weighted by atomic mass is 9.85. The van der Waals surface area contributed by atoms with Crippen molar-refractivity contribution in [1.29, 1.82) is 0 Å². The maximum absolute atomic E-state index is 4.71. The second-order valence-corrected chi connectivity index (χ2v) is 5.91. The van der Waals surface area contributed by atoms with Gasteiger partial charge in [0.15, 0.2) is 0 Å². The minimum absolute atomic E-state index is 0.523. The van der Waals surface area contributed by atoms with Gasteiger partial charge in [-0.2, -0.15) is 5.10 Å². The summed E-state index contributed by atoms with van der Waals surface area (Å²) in [4.78, 5) is 0. The highest BCUT2D eigenvalue weighted by Gasteiger charge is 2.21. The first-order chi connectivity index (χ1) is 8.69. The van der Waals surface area contributed by atoms with Crippen LogP contribution in [0.25, 0.3) is 0 Å². The average Bonchev–Trinajstić information content (AvgIpc) is 2.85. The molecular weight excluding hydrogens is 222 g/mol. The van der Waals surface area contributed by atoms with E-state index in [1.54, 1.807) is 0 Å². The minimum atomic E-state index is 0.523. The van der Waals surface area contributed by atoms with E-state index in [9.17, 15) is 0 Å². The van der Waals surface area contributed by atoms with Gasteiger partial charge in [0.1, 0.15) is 0 Å². The van der Waals surface area contributed by atoms with Crippen LogP contribution in [0.3, 0.4) is 0 Å². The summed E-state index contributed by atoms with van der Waals surface area (Å²) in [7, 11) is 0. The molecule has 3 heteroatoms. The van der Waals surface area contributed by atoms with Crippen molar-refractivity contribution in [1.82, 2.24) is 15.1 Å². The van der Waals surface area contributed by atoms with E-state index in [-0.39, 0.29) is 0 Å². The lowest BCUT2D eigenvalue weighted by Gasteiger charge is -2.27. The van der Waals surface area contributed by atoms with Gasteiger partial charge in [-0.15, -0.1) is 0 Å². The lowest BCUT2D eigenvalue weighted by molar-refractivity contribution is 0.255. The van der Waals surface area contributed by atoms with Crippen molar-refractivity contribution >= 4 is 0 Å². The van der Waals surface area contributed by atoms with Gasteiger partial charge in [-0.1, -0.05) is 27.2 Å². The van der Waals surface area contributed by atoms with E-state index in [0.717, 1.165) is 12.5 Å². The van der Waals surface area contributed by atoms with Crippen LogP contribution in [-0.2, 0) is 6.54 Å². The van der Waals surface area contributed by atoms with Crippen LogP contribution in [0.5, 0.6) is 0 Å². The van der Waals surface area contributed by atoms with E-state index >= 15 is 0 Å². The highest BCUT2D eigenvalue weighted by atomic mass is 15.3. The van der Waals surface area contributed by atoms with Gasteiger partial charge >= 0.3 is 0 Å². The van der Waals surface area contributed by atoms with Crippen LogP contribution in [0.4, 0.5) is 0 Å². The maximum atomic E-state index is 4.71. The summed E-state index contributed by atoms with van der Waals surface area (Å²) in [6.07, 6.45) is 8.86. The molecule has 2 rings (SSSR count). The van der Waals surface area contributed by atoms with Crippen LogP contribution in [0.2, 0.25) is 0 Å². The molecule has 0 bridgehead atoms. The quantitative estimate of drug-likeness (QED) is 0.865. The molecule has 18 heavy (non-hydrogen) atoms. The van der Waals surface area contributed by atoms with Gasteiger partial charge in [0, 0.05) is 18.8 Å². The van der Waals surface area contributed by atoms with E-state index in [4.69, 9.17) is 5.10 Å². The van der Waals surface area contributed by atoms with E-state index in [0.29, 0.717) is 12.1 Å². The molecule has 0 amide bonds. The van der Waals surface area contributed by atoms with E-state index < -0.39 is 0 Å². The van der Waals surface area contributed by atoms with Gasteiger partial charge in [0.05, 0.1) is 11.7 Å². The fourth-order valence-corrected chi connectivity index (χ4v) is 2.80. The maximum Gasteiger partial charge on any atom is 0.0762 e. The van der Waals surface area contributed by atoms with Crippen molar-refractivity contribution < 1.29 is 0 Å². The van der Waals surface area contributed by atoms with Gasteiger partial charge in [0.25, 0.3) is 0 Å². The van der Waals surface area contributed by atoms with E-state index in [1.165, 1.54) is 37.8 Å². The van der Waals surface area contributed by atoms with Gasteiger partial charge in [0.2, 0.25) is 0 Å². The number of hydrogen-bond donors (Lipinski definition) is 1. The Hall–Kier alpha value is -0.830. The Kier molecular flexibility index (Phi) is 4.81. The first kappa shape index (κ1) is 13.6. The normalized spacial score (nSPS) is 24.7. The van der Waals surface area contributed by atoms with Crippen LogP contribution < -0.4 is 5.32 Å². The summed E-state index contributed by atoms with van der Waals surface area (Å²) < 4.78 is 2.20. The molecule has 1 aliphatic carbocycles. The van der Waals surface area contributed by atoms with Crippen LogP contribution in [0, 0.1) is 5.92 Å². The number of nitrogens with zero attached hydrogens (tertiary/aromatic N) is 2. The molecule has 0 unspecified atom stereocenters. The SMILES string of the molecule is CCC1CCC(n2ccc(CNC(C)C)n2)CC1. The molecule has 1 N–H and O–H groups in total. The zero-order valence-corrected chi connectivity index (χ0v) is 12.0. The van der Waals surface area contributed by atoms with E-state index in [2.05, 4.69) is 43.0 Å². The topological polar surface area (TPSA) is 29.9 Å². The number of rotatable bonds is 5. The Bertz CT molecular complexity index is 348. The third-order valence-corrected chi connectivity index (χ3v) is 4.12. The second-order valence-electron chi connectivity index (χ2n) is 5.91. The number of aromatic nitrogens is 2. The summed E-state index contributed by atoms with van der Waals surface area (Å²) >= 11 is 0. The average molecular weight is 249 g/mol. The van der Waals surface area contributed by atoms with Gasteiger partial charge in [-0.25, -0.2) is 0 Å². The summed E-state index contributed by atoms with van der Waals surface area (Å²) in [6, 6.07) is 3.32. The molecule has 0 radical (unpaired) electrons. The molecule has 1 heterocycles. The van der Waals surface area contributed by atoms with Crippen LogP contribution >= 0.6 is 0 Å². The molecule has 3 nitrogen and oxygen atoms in total. The smallest absolute Gasteiger partial charge is 0.0762 e. The molecule has 1 aromatic rings. The molecule has 0 atom stereocenters. The van der Waals surface area contributed by atoms with Crippen molar-refractivity contribution in [3.05, 3.63) is 18.0 Å². The largest absolute Gasteiger partial charge is 0.309 e. The van der Waals surface area contributed by atoms with Crippen LogP contribution in [0.15, 0.2) is 12.3 Å². The molecule has 1 aromatic heterocycles.